The van der Waals surface area contributed by atoms with Crippen molar-refractivity contribution in [2.24, 2.45) is 17.8 Å². The van der Waals surface area contributed by atoms with Gasteiger partial charge in [-0.2, -0.15) is 13.2 Å². The molecule has 0 amide bonds. The van der Waals surface area contributed by atoms with E-state index in [-0.39, 0.29) is 0 Å². The van der Waals surface area contributed by atoms with Gasteiger partial charge in [-0.3, -0.25) is 4.90 Å². The van der Waals surface area contributed by atoms with Crippen molar-refractivity contribution in [3.8, 4) is 0 Å². The zero-order chi connectivity index (χ0) is 16.9. The van der Waals surface area contributed by atoms with E-state index >= 15 is 0 Å². The van der Waals surface area contributed by atoms with Crippen molar-refractivity contribution in [1.82, 2.24) is 15.5 Å². The van der Waals surface area contributed by atoms with Gasteiger partial charge in [0.25, 0.3) is 0 Å². The number of alkyl halides is 3. The molecule has 1 aromatic rings. The molecule has 7 heteroatoms. The average Bonchev–Trinajstić information content (AvgIpc) is 2.90. The van der Waals surface area contributed by atoms with Crippen LogP contribution in [0.5, 0.6) is 0 Å². The minimum atomic E-state index is -4.65. The van der Waals surface area contributed by atoms with Crippen molar-refractivity contribution in [3.05, 3.63) is 35.1 Å². The van der Waals surface area contributed by atoms with Crippen molar-refractivity contribution in [3.63, 3.8) is 0 Å². The number of nitrogens with zero attached hydrogens (tertiary/aromatic N) is 1. The van der Waals surface area contributed by atoms with E-state index < -0.39 is 17.6 Å². The fourth-order valence-electron chi connectivity index (χ4n) is 4.10. The molecule has 3 fully saturated rings. The van der Waals surface area contributed by atoms with Crippen LogP contribution in [0.25, 0.3) is 0 Å². The second kappa shape index (κ2) is 5.97. The van der Waals surface area contributed by atoms with E-state index in [0.29, 0.717) is 24.1 Å². The van der Waals surface area contributed by atoms with Crippen LogP contribution in [0.15, 0.2) is 18.2 Å². The Hall–Kier alpha value is -1.18. The molecule has 3 nitrogen and oxygen atoms in total. The fourth-order valence-corrected chi connectivity index (χ4v) is 4.10. The first-order chi connectivity index (χ1) is 11.4. The van der Waals surface area contributed by atoms with Crippen LogP contribution in [-0.4, -0.2) is 43.7 Å². The maximum Gasteiger partial charge on any atom is 0.419 e. The molecule has 1 aliphatic carbocycles. The molecule has 24 heavy (non-hydrogen) atoms. The number of nitrogens with one attached hydrogen (secondary N) is 2. The predicted molar refractivity (Wildman–Crippen MR) is 81.8 cm³/mol. The third kappa shape index (κ3) is 3.05. The summed E-state index contributed by atoms with van der Waals surface area (Å²) in [4.78, 5) is 2.55. The van der Waals surface area contributed by atoms with Gasteiger partial charge < -0.3 is 10.6 Å². The molecule has 0 spiro atoms. The predicted octanol–water partition coefficient (Wildman–Crippen LogP) is 2.08. The van der Waals surface area contributed by atoms with Crippen molar-refractivity contribution >= 4 is 0 Å². The van der Waals surface area contributed by atoms with E-state index in [1.54, 1.807) is 0 Å². The number of benzene rings is 1. The second-order valence-corrected chi connectivity index (χ2v) is 7.20. The van der Waals surface area contributed by atoms with E-state index in [2.05, 4.69) is 15.5 Å². The highest BCUT2D eigenvalue weighted by atomic mass is 19.4. The zero-order valence-electron chi connectivity index (χ0n) is 13.2. The van der Waals surface area contributed by atoms with Gasteiger partial charge in [0.05, 0.1) is 5.56 Å². The number of likely N-dealkylation sites (tertiary alicyclic amines) is 1. The molecular weight excluding hydrogens is 322 g/mol. The second-order valence-electron chi connectivity index (χ2n) is 7.20. The molecule has 0 aromatic heterocycles. The summed E-state index contributed by atoms with van der Waals surface area (Å²) in [5.74, 6) is 0.888. The lowest BCUT2D eigenvalue weighted by Crippen LogP contribution is -2.57. The Labute approximate surface area is 138 Å². The first-order valence-electron chi connectivity index (χ1n) is 8.44. The van der Waals surface area contributed by atoms with Crippen LogP contribution < -0.4 is 10.6 Å². The van der Waals surface area contributed by atoms with Crippen molar-refractivity contribution in [2.45, 2.75) is 18.8 Å². The summed E-state index contributed by atoms with van der Waals surface area (Å²) in [6.45, 7) is 5.65. The molecule has 132 valence electrons. The number of halogens is 4. The average molecular weight is 343 g/mol. The van der Waals surface area contributed by atoms with Crippen LogP contribution in [0, 0.1) is 23.6 Å². The van der Waals surface area contributed by atoms with Crippen LogP contribution >= 0.6 is 0 Å². The molecule has 3 aliphatic rings. The highest BCUT2D eigenvalue weighted by molar-refractivity contribution is 5.27. The number of fused-ring (bicyclic) bond motifs is 1. The topological polar surface area (TPSA) is 27.3 Å². The van der Waals surface area contributed by atoms with Gasteiger partial charge in [-0.25, -0.2) is 4.39 Å². The Morgan fingerprint density at radius 3 is 2.46 bits per heavy atom. The van der Waals surface area contributed by atoms with Crippen molar-refractivity contribution < 1.29 is 17.6 Å². The van der Waals surface area contributed by atoms with Crippen LogP contribution in [-0.2, 0) is 12.7 Å². The minimum Gasteiger partial charge on any atom is -0.314 e. The molecule has 2 aliphatic heterocycles. The van der Waals surface area contributed by atoms with Crippen LogP contribution in [0.1, 0.15) is 11.1 Å². The number of hydrogen-bond acceptors (Lipinski definition) is 3. The van der Waals surface area contributed by atoms with Gasteiger partial charge in [-0.05, 0) is 42.0 Å². The lowest BCUT2D eigenvalue weighted by Gasteiger charge is -2.36. The highest BCUT2D eigenvalue weighted by Crippen LogP contribution is 2.51. The Morgan fingerprint density at radius 2 is 1.88 bits per heavy atom. The molecule has 2 saturated heterocycles. The van der Waals surface area contributed by atoms with Gasteiger partial charge in [0.15, 0.2) is 0 Å². The van der Waals surface area contributed by atoms with Gasteiger partial charge in [0.2, 0.25) is 0 Å². The molecule has 2 unspecified atom stereocenters. The van der Waals surface area contributed by atoms with E-state index in [1.165, 1.54) is 6.07 Å². The third-order valence-electron chi connectivity index (χ3n) is 5.72. The molecule has 2 N–H and O–H groups in total. The van der Waals surface area contributed by atoms with Crippen LogP contribution in [0.3, 0.4) is 0 Å². The van der Waals surface area contributed by atoms with E-state index in [9.17, 15) is 17.6 Å². The summed E-state index contributed by atoms with van der Waals surface area (Å²) >= 11 is 0. The van der Waals surface area contributed by atoms with Gasteiger partial charge in [-0.1, -0.05) is 6.07 Å². The first-order valence-corrected chi connectivity index (χ1v) is 8.44. The lowest BCUT2D eigenvalue weighted by molar-refractivity contribution is -0.140. The molecule has 2 heterocycles. The van der Waals surface area contributed by atoms with E-state index in [0.717, 1.165) is 56.7 Å². The standard InChI is InChI=1S/C17H21F4N3/c18-16-2-1-10(3-15(16)17(19,20)21)4-22-7-12-13-8-24(9-14(12)13)11-5-23-6-11/h1-3,11-14,22-23H,4-9H2. The smallest absolute Gasteiger partial charge is 0.314 e. The summed E-state index contributed by atoms with van der Waals surface area (Å²) in [6.07, 6.45) is -4.65. The van der Waals surface area contributed by atoms with E-state index in [1.807, 2.05) is 0 Å². The summed E-state index contributed by atoms with van der Waals surface area (Å²) in [6, 6.07) is 3.92. The fraction of sp³-hybridized carbons (Fsp3) is 0.647. The quantitative estimate of drug-likeness (QED) is 0.802. The normalized spacial score (nSPS) is 30.2. The lowest BCUT2D eigenvalue weighted by atomic mass is 10.1. The largest absolute Gasteiger partial charge is 0.419 e. The minimum absolute atomic E-state index is 0.343. The maximum atomic E-state index is 13.3. The first kappa shape index (κ1) is 16.3. The maximum absolute atomic E-state index is 13.3. The Balaban J connectivity index is 1.24. The molecular formula is C17H21F4N3. The van der Waals surface area contributed by atoms with Gasteiger partial charge in [0.1, 0.15) is 5.82 Å². The third-order valence-corrected chi connectivity index (χ3v) is 5.72. The summed E-state index contributed by atoms with van der Waals surface area (Å²) in [5.41, 5.74) is -0.716. The van der Waals surface area contributed by atoms with Gasteiger partial charge in [0, 0.05) is 38.8 Å². The monoisotopic (exact) mass is 343 g/mol. The number of hydrogen-bond donors (Lipinski definition) is 2. The van der Waals surface area contributed by atoms with Crippen LogP contribution in [0.4, 0.5) is 17.6 Å². The van der Waals surface area contributed by atoms with Gasteiger partial charge in [-0.15, -0.1) is 0 Å². The number of piperidine rings is 1. The molecule has 0 bridgehead atoms. The molecule has 0 radical (unpaired) electrons. The van der Waals surface area contributed by atoms with Crippen molar-refractivity contribution in [1.29, 1.82) is 0 Å². The molecule has 1 saturated carbocycles. The van der Waals surface area contributed by atoms with Crippen molar-refractivity contribution in [2.75, 3.05) is 32.7 Å². The molecule has 4 rings (SSSR count). The molecule has 2 atom stereocenters. The Morgan fingerprint density at radius 1 is 1.17 bits per heavy atom. The Kier molecular flexibility index (Phi) is 4.05. The Bertz CT molecular complexity index is 602. The summed E-state index contributed by atoms with van der Waals surface area (Å²) in [7, 11) is 0. The van der Waals surface area contributed by atoms with Gasteiger partial charge >= 0.3 is 6.18 Å². The van der Waals surface area contributed by atoms with E-state index in [4.69, 9.17) is 0 Å². The zero-order valence-corrected chi connectivity index (χ0v) is 13.2. The number of rotatable bonds is 5. The SMILES string of the molecule is Fc1ccc(CNCC2C3CN(C4CNC4)CC23)cc1C(F)(F)F. The van der Waals surface area contributed by atoms with Crippen LogP contribution in [0.2, 0.25) is 0 Å². The molecule has 1 aromatic carbocycles. The summed E-state index contributed by atoms with van der Waals surface area (Å²) in [5, 5.41) is 6.53. The summed E-state index contributed by atoms with van der Waals surface area (Å²) < 4.78 is 51.4. The highest BCUT2D eigenvalue weighted by Gasteiger charge is 2.56.